The predicted octanol–water partition coefficient (Wildman–Crippen LogP) is 6.64. The summed E-state index contributed by atoms with van der Waals surface area (Å²) in [4.78, 5) is 30.5. The highest BCUT2D eigenvalue weighted by Crippen LogP contribution is 2.41. The summed E-state index contributed by atoms with van der Waals surface area (Å²) in [6.07, 6.45) is 5.04. The first-order valence-corrected chi connectivity index (χ1v) is 15.1. The molecular weight excluding hydrogens is 518 g/mol. The number of likely N-dealkylation sites (tertiary alicyclic amines) is 1. The zero-order valence-electron chi connectivity index (χ0n) is 24.9. The first kappa shape index (κ1) is 25.5. The van der Waals surface area contributed by atoms with E-state index in [4.69, 9.17) is 1.37 Å². The molecule has 2 amide bonds. The minimum Gasteiger partial charge on any atom is -0.329 e. The summed E-state index contributed by atoms with van der Waals surface area (Å²) in [6, 6.07) is 27.8. The second-order valence-electron chi connectivity index (χ2n) is 12.0. The van der Waals surface area contributed by atoms with Crippen molar-refractivity contribution in [1.82, 2.24) is 10.2 Å². The van der Waals surface area contributed by atoms with E-state index in [-0.39, 0.29) is 12.3 Å². The van der Waals surface area contributed by atoms with E-state index in [9.17, 15) is 9.59 Å². The molecule has 0 radical (unpaired) electrons. The molecule has 3 aliphatic heterocycles. The minimum atomic E-state index is -1.69. The first-order valence-electron chi connectivity index (χ1n) is 15.6. The Balaban J connectivity index is 1.04. The maximum atomic E-state index is 13.6. The Morgan fingerprint density at radius 2 is 1.60 bits per heavy atom. The molecule has 0 saturated carbocycles. The lowest BCUT2D eigenvalue weighted by molar-refractivity contribution is -0.122. The van der Waals surface area contributed by atoms with Gasteiger partial charge in [0.1, 0.15) is 6.02 Å². The molecule has 3 aliphatic rings. The van der Waals surface area contributed by atoms with Crippen LogP contribution in [0.2, 0.25) is 0 Å². The second kappa shape index (κ2) is 11.2. The van der Waals surface area contributed by atoms with Crippen LogP contribution in [0.15, 0.2) is 97.2 Å². The molecule has 5 nitrogen and oxygen atoms in total. The molecule has 0 bridgehead atoms. The van der Waals surface area contributed by atoms with Crippen LogP contribution in [0.25, 0.3) is 10.8 Å². The summed E-state index contributed by atoms with van der Waals surface area (Å²) in [5.74, 6) is -0.0647. The zero-order chi connectivity index (χ0) is 29.6. The smallest absolute Gasteiger partial charge is 0.259 e. The van der Waals surface area contributed by atoms with Crippen LogP contribution in [0.3, 0.4) is 0 Å². The zero-order valence-corrected chi connectivity index (χ0v) is 23.9. The number of carbonyl (C=O) groups excluding carboxylic acids is 2. The van der Waals surface area contributed by atoms with Gasteiger partial charge in [0.25, 0.3) is 5.91 Å². The fourth-order valence-corrected chi connectivity index (χ4v) is 6.89. The molecule has 4 aromatic carbocycles. The van der Waals surface area contributed by atoms with Crippen LogP contribution in [0, 0.1) is 5.92 Å². The third-order valence-electron chi connectivity index (χ3n) is 9.17. The second-order valence-corrected chi connectivity index (χ2v) is 12.0. The first-order chi connectivity index (χ1) is 20.9. The lowest BCUT2D eigenvalue weighted by atomic mass is 9.89. The molecule has 1 atom stereocenters. The molecule has 3 heterocycles. The number of rotatable bonds is 7. The molecule has 7 rings (SSSR count). The van der Waals surface area contributed by atoms with Crippen molar-refractivity contribution in [3.8, 4) is 0 Å². The van der Waals surface area contributed by atoms with Crippen molar-refractivity contribution in [2.45, 2.75) is 51.1 Å². The number of hydrogen-bond acceptors (Lipinski definition) is 3. The van der Waals surface area contributed by atoms with Gasteiger partial charge in [0.2, 0.25) is 5.91 Å². The van der Waals surface area contributed by atoms with Crippen molar-refractivity contribution in [2.75, 3.05) is 18.0 Å². The Labute approximate surface area is 249 Å². The molecule has 0 aliphatic carbocycles. The van der Waals surface area contributed by atoms with Crippen LogP contribution in [0.5, 0.6) is 0 Å². The van der Waals surface area contributed by atoms with E-state index in [1.807, 2.05) is 30.3 Å². The topological polar surface area (TPSA) is 52.7 Å². The van der Waals surface area contributed by atoms with Gasteiger partial charge in [-0.25, -0.2) is 0 Å². The molecule has 0 unspecified atom stereocenters. The number of nitrogens with one attached hydrogen (secondary N) is 1. The van der Waals surface area contributed by atoms with Gasteiger partial charge in [0, 0.05) is 23.2 Å². The van der Waals surface area contributed by atoms with Gasteiger partial charge in [-0.3, -0.25) is 19.4 Å². The lowest BCUT2D eigenvalue weighted by Crippen LogP contribution is -2.51. The molecule has 0 aromatic heterocycles. The van der Waals surface area contributed by atoms with E-state index in [1.54, 1.807) is 0 Å². The lowest BCUT2D eigenvalue weighted by Gasteiger charge is -2.32. The van der Waals surface area contributed by atoms with Crippen LogP contribution in [0.4, 0.5) is 5.69 Å². The summed E-state index contributed by atoms with van der Waals surface area (Å²) in [7, 11) is 0. The van der Waals surface area contributed by atoms with Crippen molar-refractivity contribution in [3.63, 3.8) is 0 Å². The van der Waals surface area contributed by atoms with Gasteiger partial charge in [0.05, 0.1) is 7.06 Å². The van der Waals surface area contributed by atoms with E-state index in [1.165, 1.54) is 34.4 Å². The summed E-state index contributed by atoms with van der Waals surface area (Å²) in [5, 5.41) is 4.53. The van der Waals surface area contributed by atoms with Gasteiger partial charge >= 0.3 is 0 Å². The van der Waals surface area contributed by atoms with E-state index in [0.717, 1.165) is 54.7 Å². The number of allylic oxidation sites excluding steroid dienone is 1. The summed E-state index contributed by atoms with van der Waals surface area (Å²) in [5.41, 5.74) is 6.93. The molecule has 212 valence electrons. The van der Waals surface area contributed by atoms with Crippen LogP contribution < -0.4 is 10.2 Å². The molecule has 5 heteroatoms. The van der Waals surface area contributed by atoms with E-state index >= 15 is 0 Å². The van der Waals surface area contributed by atoms with Crippen LogP contribution in [0.1, 0.15) is 59.7 Å². The predicted molar refractivity (Wildman–Crippen MR) is 168 cm³/mol. The third kappa shape index (κ3) is 5.14. The number of benzene rings is 4. The fourth-order valence-electron chi connectivity index (χ4n) is 6.89. The van der Waals surface area contributed by atoms with E-state index < -0.39 is 11.9 Å². The number of piperidine rings is 2. The standard InChI is InChI=1S/C37H37N3O2/c1-25-10-16-34(36(41)38-25)40-33-17-15-30(31-8-5-9-32(35(31)33)37(40)42)23-27-13-11-26(12-14-27)22-28-18-20-39(21-19-28)24-29-6-3-2-4-7-29/h2-9,11-15,17,28,34H,1,10,16,18-24H2,(H,38,41)/t34-/m1/s1/i34D. The molecule has 2 saturated heterocycles. The Morgan fingerprint density at radius 3 is 2.36 bits per heavy atom. The van der Waals surface area contributed by atoms with Gasteiger partial charge in [0.15, 0.2) is 0 Å². The molecular formula is C37H37N3O2. The van der Waals surface area contributed by atoms with Crippen LogP contribution in [-0.4, -0.2) is 35.8 Å². The highest BCUT2D eigenvalue weighted by atomic mass is 16.2. The highest BCUT2D eigenvalue weighted by molar-refractivity contribution is 6.27. The number of hydrogen-bond donors (Lipinski definition) is 1. The van der Waals surface area contributed by atoms with Gasteiger partial charge in [-0.2, -0.15) is 0 Å². The van der Waals surface area contributed by atoms with Crippen molar-refractivity contribution in [2.24, 2.45) is 5.92 Å². The number of amides is 2. The average molecular weight is 557 g/mol. The molecule has 42 heavy (non-hydrogen) atoms. The summed E-state index contributed by atoms with van der Waals surface area (Å²) >= 11 is 0. The highest BCUT2D eigenvalue weighted by Gasteiger charge is 2.40. The molecule has 2 fully saturated rings. The Morgan fingerprint density at radius 1 is 0.833 bits per heavy atom. The molecule has 1 N–H and O–H groups in total. The fraction of sp³-hybridized carbons (Fsp3) is 0.297. The average Bonchev–Trinajstić information content (AvgIpc) is 3.32. The largest absolute Gasteiger partial charge is 0.329 e. The minimum absolute atomic E-state index is 0.222. The van der Waals surface area contributed by atoms with E-state index in [2.05, 4.69) is 71.4 Å². The van der Waals surface area contributed by atoms with Crippen molar-refractivity contribution in [3.05, 3.63) is 125 Å². The third-order valence-corrected chi connectivity index (χ3v) is 9.17. The van der Waals surface area contributed by atoms with Gasteiger partial charge in [-0.15, -0.1) is 0 Å². The van der Waals surface area contributed by atoms with E-state index in [0.29, 0.717) is 23.4 Å². The maximum Gasteiger partial charge on any atom is 0.259 e. The Kier molecular flexibility index (Phi) is 6.81. The SMILES string of the molecule is [2H][C@@]1(N2C(=O)c3cccc4c(Cc5ccc(CC6CCN(Cc7ccccc7)CC6)cc5)ccc2c34)CCC(=C)NC1=O. The van der Waals surface area contributed by atoms with Crippen molar-refractivity contribution in [1.29, 1.82) is 0 Å². The van der Waals surface area contributed by atoms with Crippen molar-refractivity contribution >= 4 is 28.3 Å². The van der Waals surface area contributed by atoms with Gasteiger partial charge < -0.3 is 5.32 Å². The van der Waals surface area contributed by atoms with Gasteiger partial charge in [-0.05, 0) is 97.3 Å². The normalized spacial score (nSPS) is 21.6. The quantitative estimate of drug-likeness (QED) is 0.278. The summed E-state index contributed by atoms with van der Waals surface area (Å²) < 4.78 is 9.03. The molecule has 0 spiro atoms. The number of nitrogens with zero attached hydrogens (tertiary/aromatic N) is 2. The molecule has 4 aromatic rings. The maximum absolute atomic E-state index is 13.6. The monoisotopic (exact) mass is 556 g/mol. The Hall–Kier alpha value is -4.22. The van der Waals surface area contributed by atoms with Crippen LogP contribution in [-0.2, 0) is 24.2 Å². The van der Waals surface area contributed by atoms with Crippen LogP contribution >= 0.6 is 0 Å². The Bertz CT molecular complexity index is 1710. The number of anilines is 1. The van der Waals surface area contributed by atoms with Crippen molar-refractivity contribution < 1.29 is 11.0 Å². The summed E-state index contributed by atoms with van der Waals surface area (Å²) in [6.45, 7) is 7.19. The van der Waals surface area contributed by atoms with Gasteiger partial charge in [-0.1, -0.05) is 79.4 Å². The number of carbonyl (C=O) groups is 2.